The number of hydrogen-bond donors (Lipinski definition) is 2. The van der Waals surface area contributed by atoms with Crippen molar-refractivity contribution in [1.82, 2.24) is 25.1 Å². The highest BCUT2D eigenvalue weighted by Crippen LogP contribution is 2.18. The number of fused-ring (bicyclic) bond motifs is 2. The van der Waals surface area contributed by atoms with Crippen molar-refractivity contribution in [3.63, 3.8) is 0 Å². The lowest BCUT2D eigenvalue weighted by atomic mass is 10.1. The van der Waals surface area contributed by atoms with Gasteiger partial charge < -0.3 is 15.1 Å². The third-order valence-corrected chi connectivity index (χ3v) is 5.45. The van der Waals surface area contributed by atoms with Crippen LogP contribution in [0.4, 0.5) is 5.82 Å². The maximum atomic E-state index is 12.5. The Balaban J connectivity index is 1.22. The van der Waals surface area contributed by atoms with Crippen LogP contribution >= 0.6 is 0 Å². The zero-order valence-corrected chi connectivity index (χ0v) is 18.3. The molecule has 0 atom stereocenters. The predicted molar refractivity (Wildman–Crippen MR) is 129 cm³/mol. The van der Waals surface area contributed by atoms with E-state index in [1.165, 1.54) is 18.0 Å². The summed E-state index contributed by atoms with van der Waals surface area (Å²) in [7, 11) is 0. The Bertz CT molecular complexity index is 1510. The molecule has 0 aliphatic carbocycles. The summed E-state index contributed by atoms with van der Waals surface area (Å²) in [5.41, 5.74) is 2.04. The van der Waals surface area contributed by atoms with Crippen molar-refractivity contribution in [2.45, 2.75) is 13.0 Å². The van der Waals surface area contributed by atoms with Crippen LogP contribution in [0.1, 0.15) is 16.1 Å². The Kier molecular flexibility index (Phi) is 5.98. The number of amides is 1. The molecule has 0 radical (unpaired) electrons. The molecular weight excluding hydrogens is 432 g/mol. The number of benzene rings is 2. The molecule has 0 aliphatic heterocycles. The topological polar surface area (TPSA) is 115 Å². The average Bonchev–Trinajstić information content (AvgIpc) is 3.28. The largest absolute Gasteiger partial charge is 0.451 e. The normalized spacial score (nSPS) is 11.1. The van der Waals surface area contributed by atoms with Gasteiger partial charge in [0.25, 0.3) is 5.91 Å². The SMILES string of the molecule is O=C(NCCn1ncc2c(NCCc3ccccc3)ncnc21)c1cc(=O)c2ccccc2o1. The molecule has 34 heavy (non-hydrogen) atoms. The van der Waals surface area contributed by atoms with Crippen molar-refractivity contribution in [2.75, 3.05) is 18.4 Å². The fraction of sp³-hybridized carbons (Fsp3) is 0.160. The van der Waals surface area contributed by atoms with Crippen LogP contribution in [0.25, 0.3) is 22.0 Å². The molecule has 0 saturated heterocycles. The first kappa shape index (κ1) is 21.3. The molecule has 3 heterocycles. The molecule has 0 bridgehead atoms. The molecule has 5 rings (SSSR count). The van der Waals surface area contributed by atoms with Crippen molar-refractivity contribution in [3.8, 4) is 0 Å². The summed E-state index contributed by atoms with van der Waals surface area (Å²) in [6.45, 7) is 1.41. The highest BCUT2D eigenvalue weighted by atomic mass is 16.3. The monoisotopic (exact) mass is 454 g/mol. The Morgan fingerprint density at radius 1 is 0.971 bits per heavy atom. The number of anilines is 1. The minimum absolute atomic E-state index is 0.0266. The second-order valence-corrected chi connectivity index (χ2v) is 7.72. The Hall–Kier alpha value is -4.53. The van der Waals surface area contributed by atoms with E-state index >= 15 is 0 Å². The van der Waals surface area contributed by atoms with E-state index in [9.17, 15) is 9.59 Å². The van der Waals surface area contributed by atoms with Gasteiger partial charge in [0.05, 0.1) is 23.5 Å². The van der Waals surface area contributed by atoms with Crippen molar-refractivity contribution in [1.29, 1.82) is 0 Å². The quantitative estimate of drug-likeness (QED) is 0.370. The predicted octanol–water partition coefficient (Wildman–Crippen LogP) is 3.02. The molecule has 2 aromatic carbocycles. The number of carbonyl (C=O) groups excluding carboxylic acids is 1. The van der Waals surface area contributed by atoms with Gasteiger partial charge in [0.15, 0.2) is 16.8 Å². The van der Waals surface area contributed by atoms with Crippen LogP contribution < -0.4 is 16.1 Å². The van der Waals surface area contributed by atoms with Crippen LogP contribution in [0.3, 0.4) is 0 Å². The van der Waals surface area contributed by atoms with Gasteiger partial charge in [-0.25, -0.2) is 14.6 Å². The van der Waals surface area contributed by atoms with E-state index in [0.717, 1.165) is 18.4 Å². The summed E-state index contributed by atoms with van der Waals surface area (Å²) in [6, 6.07) is 18.3. The molecule has 0 fully saturated rings. The van der Waals surface area contributed by atoms with Gasteiger partial charge in [0, 0.05) is 19.2 Å². The van der Waals surface area contributed by atoms with Crippen molar-refractivity contribution in [3.05, 3.63) is 94.7 Å². The Labute approximate surface area is 194 Å². The van der Waals surface area contributed by atoms with Crippen LogP contribution in [0.15, 0.2) is 82.4 Å². The summed E-state index contributed by atoms with van der Waals surface area (Å²) in [6.07, 6.45) is 4.08. The summed E-state index contributed by atoms with van der Waals surface area (Å²) >= 11 is 0. The van der Waals surface area contributed by atoms with Gasteiger partial charge in [-0.15, -0.1) is 0 Å². The van der Waals surface area contributed by atoms with Crippen LogP contribution in [-0.4, -0.2) is 38.7 Å². The number of para-hydroxylation sites is 1. The van der Waals surface area contributed by atoms with E-state index in [0.29, 0.717) is 29.0 Å². The van der Waals surface area contributed by atoms with E-state index in [4.69, 9.17) is 4.42 Å². The summed E-state index contributed by atoms with van der Waals surface area (Å²) in [5.74, 6) is 0.229. The van der Waals surface area contributed by atoms with E-state index in [-0.39, 0.29) is 17.7 Å². The van der Waals surface area contributed by atoms with Crippen molar-refractivity contribution < 1.29 is 9.21 Å². The maximum Gasteiger partial charge on any atom is 0.287 e. The second-order valence-electron chi connectivity index (χ2n) is 7.72. The minimum atomic E-state index is -0.461. The lowest BCUT2D eigenvalue weighted by Gasteiger charge is -2.08. The minimum Gasteiger partial charge on any atom is -0.451 e. The molecule has 0 unspecified atom stereocenters. The number of hydrogen-bond acceptors (Lipinski definition) is 7. The number of carbonyl (C=O) groups is 1. The lowest BCUT2D eigenvalue weighted by Crippen LogP contribution is -2.28. The summed E-state index contributed by atoms with van der Waals surface area (Å²) in [4.78, 5) is 33.4. The molecule has 5 aromatic rings. The van der Waals surface area contributed by atoms with Gasteiger partial charge in [-0.05, 0) is 24.1 Å². The highest BCUT2D eigenvalue weighted by Gasteiger charge is 2.13. The van der Waals surface area contributed by atoms with Gasteiger partial charge in [0.1, 0.15) is 17.7 Å². The van der Waals surface area contributed by atoms with Crippen LogP contribution in [0.5, 0.6) is 0 Å². The first-order valence-corrected chi connectivity index (χ1v) is 10.9. The van der Waals surface area contributed by atoms with E-state index in [2.05, 4.69) is 37.8 Å². The number of nitrogens with zero attached hydrogens (tertiary/aromatic N) is 4. The molecule has 2 N–H and O–H groups in total. The van der Waals surface area contributed by atoms with Crippen molar-refractivity contribution in [2.24, 2.45) is 0 Å². The molecule has 3 aromatic heterocycles. The zero-order chi connectivity index (χ0) is 23.3. The fourth-order valence-electron chi connectivity index (χ4n) is 3.75. The summed E-state index contributed by atoms with van der Waals surface area (Å²) in [5, 5.41) is 11.8. The van der Waals surface area contributed by atoms with Crippen molar-refractivity contribution >= 4 is 33.7 Å². The molecule has 9 nitrogen and oxygen atoms in total. The maximum absolute atomic E-state index is 12.5. The smallest absolute Gasteiger partial charge is 0.287 e. The standard InChI is InChI=1S/C25H22N6O3/c32-20-14-22(34-21-9-5-4-8-18(20)21)25(33)27-12-13-31-24-19(15-30-31)23(28-16-29-24)26-11-10-17-6-2-1-3-7-17/h1-9,14-16H,10-13H2,(H,27,33)(H,26,28,29). The number of nitrogens with one attached hydrogen (secondary N) is 2. The van der Waals surface area contributed by atoms with Gasteiger partial charge in [-0.3, -0.25) is 9.59 Å². The molecule has 0 saturated carbocycles. The van der Waals surface area contributed by atoms with Gasteiger partial charge in [0.2, 0.25) is 0 Å². The zero-order valence-electron chi connectivity index (χ0n) is 18.3. The molecule has 1 amide bonds. The number of aromatic nitrogens is 4. The molecule has 0 spiro atoms. The third kappa shape index (κ3) is 4.49. The van der Waals surface area contributed by atoms with Gasteiger partial charge in [-0.2, -0.15) is 5.10 Å². The lowest BCUT2D eigenvalue weighted by molar-refractivity contribution is 0.0925. The molecular formula is C25H22N6O3. The summed E-state index contributed by atoms with van der Waals surface area (Å²) < 4.78 is 7.29. The first-order chi connectivity index (χ1) is 16.7. The fourth-order valence-corrected chi connectivity index (χ4v) is 3.75. The third-order valence-electron chi connectivity index (χ3n) is 5.45. The molecule has 170 valence electrons. The highest BCUT2D eigenvalue weighted by molar-refractivity contribution is 5.93. The Morgan fingerprint density at radius 3 is 2.68 bits per heavy atom. The van der Waals surface area contributed by atoms with E-state index < -0.39 is 5.91 Å². The van der Waals surface area contributed by atoms with E-state index in [1.807, 2.05) is 18.2 Å². The van der Waals surface area contributed by atoms with Gasteiger partial charge in [-0.1, -0.05) is 42.5 Å². The number of rotatable bonds is 8. The molecule has 9 heteroatoms. The first-order valence-electron chi connectivity index (χ1n) is 10.9. The van der Waals surface area contributed by atoms with Crippen LogP contribution in [-0.2, 0) is 13.0 Å². The molecule has 0 aliphatic rings. The van der Waals surface area contributed by atoms with Crippen LogP contribution in [0, 0.1) is 0 Å². The Morgan fingerprint density at radius 2 is 1.79 bits per heavy atom. The van der Waals surface area contributed by atoms with Crippen LogP contribution in [0.2, 0.25) is 0 Å². The average molecular weight is 454 g/mol. The second kappa shape index (κ2) is 9.53. The van der Waals surface area contributed by atoms with Gasteiger partial charge >= 0.3 is 0 Å². The van der Waals surface area contributed by atoms with E-state index in [1.54, 1.807) is 35.1 Å².